The van der Waals surface area contributed by atoms with Crippen LogP contribution in [0.25, 0.3) is 0 Å². The second-order valence-electron chi connectivity index (χ2n) is 5.16. The molecule has 1 aromatic carbocycles. The Balaban J connectivity index is 2.99. The Hall–Kier alpha value is -0.723. The summed E-state index contributed by atoms with van der Waals surface area (Å²) in [4.78, 5) is 0. The molecule has 19 heavy (non-hydrogen) atoms. The molecule has 0 heterocycles. The average Bonchev–Trinajstić information content (AvgIpc) is 2.44. The van der Waals surface area contributed by atoms with Crippen molar-refractivity contribution in [2.75, 3.05) is 14.2 Å². The van der Waals surface area contributed by atoms with Crippen LogP contribution in [0.5, 0.6) is 0 Å². The summed E-state index contributed by atoms with van der Waals surface area (Å²) in [6.07, 6.45) is 0.827. The molecule has 0 saturated carbocycles. The molecule has 3 unspecified atom stereocenters. The van der Waals surface area contributed by atoms with Crippen LogP contribution in [-0.4, -0.2) is 34.9 Å². The molecule has 0 spiro atoms. The van der Waals surface area contributed by atoms with Crippen LogP contribution < -0.4 is 11.5 Å². The quantitative estimate of drug-likeness (QED) is 0.746. The number of hydrogen-bond acceptors (Lipinski definition) is 4. The average molecular weight is 282 g/mol. The van der Waals surface area contributed by atoms with Crippen LogP contribution in [0.1, 0.15) is 12.5 Å². The van der Waals surface area contributed by atoms with E-state index in [0.717, 1.165) is 6.42 Å². The molecule has 1 rings (SSSR count). The summed E-state index contributed by atoms with van der Waals surface area (Å²) in [5.74, 6) is 0. The van der Waals surface area contributed by atoms with Gasteiger partial charge in [0, 0.05) is 31.8 Å². The van der Waals surface area contributed by atoms with Crippen LogP contribution in [0.15, 0.2) is 30.3 Å². The van der Waals surface area contributed by atoms with Crippen molar-refractivity contribution in [3.8, 4) is 0 Å². The molecule has 1 aromatic rings. The molecule has 4 N–H and O–H groups in total. The SMILES string of the molecule is CO[Si](C)(OC)C(Cc1ccccc1)C(N)C(C)N. The molecule has 0 bridgehead atoms. The summed E-state index contributed by atoms with van der Waals surface area (Å²) in [5, 5.41) is 0. The topological polar surface area (TPSA) is 70.5 Å². The van der Waals surface area contributed by atoms with E-state index in [9.17, 15) is 0 Å². The summed E-state index contributed by atoms with van der Waals surface area (Å²) >= 11 is 0. The molecule has 0 aliphatic rings. The largest absolute Gasteiger partial charge is 0.398 e. The lowest BCUT2D eigenvalue weighted by molar-refractivity contribution is 0.226. The smallest absolute Gasteiger partial charge is 0.339 e. The molecular formula is C14H26N2O2Si. The first kappa shape index (κ1) is 16.3. The van der Waals surface area contributed by atoms with Gasteiger partial charge < -0.3 is 20.3 Å². The molecule has 0 amide bonds. The van der Waals surface area contributed by atoms with Gasteiger partial charge in [-0.3, -0.25) is 0 Å². The van der Waals surface area contributed by atoms with Gasteiger partial charge in [-0.25, -0.2) is 0 Å². The number of rotatable bonds is 7. The number of nitrogens with two attached hydrogens (primary N) is 2. The molecule has 108 valence electrons. The summed E-state index contributed by atoms with van der Waals surface area (Å²) in [7, 11) is 1.05. The van der Waals surface area contributed by atoms with Crippen LogP contribution in [0.3, 0.4) is 0 Å². The first-order chi connectivity index (χ1) is 8.94. The predicted octanol–water partition coefficient (Wildman–Crippen LogP) is 1.64. The highest BCUT2D eigenvalue weighted by molar-refractivity contribution is 6.67. The Morgan fingerprint density at radius 1 is 1.11 bits per heavy atom. The molecule has 0 saturated heterocycles. The van der Waals surface area contributed by atoms with Crippen molar-refractivity contribution in [2.24, 2.45) is 11.5 Å². The Morgan fingerprint density at radius 3 is 2.05 bits per heavy atom. The van der Waals surface area contributed by atoms with Crippen LogP contribution >= 0.6 is 0 Å². The number of hydrogen-bond donors (Lipinski definition) is 2. The minimum absolute atomic E-state index is 0.0918. The van der Waals surface area contributed by atoms with Gasteiger partial charge in [0.2, 0.25) is 0 Å². The fourth-order valence-corrected chi connectivity index (χ4v) is 4.67. The van der Waals surface area contributed by atoms with Crippen molar-refractivity contribution in [1.29, 1.82) is 0 Å². The van der Waals surface area contributed by atoms with Crippen molar-refractivity contribution in [2.45, 2.75) is 37.5 Å². The highest BCUT2D eigenvalue weighted by Crippen LogP contribution is 2.31. The molecule has 5 heteroatoms. The molecule has 0 fully saturated rings. The lowest BCUT2D eigenvalue weighted by Crippen LogP contribution is -2.55. The first-order valence-corrected chi connectivity index (χ1v) is 8.99. The molecule has 0 aliphatic heterocycles. The Labute approximate surface area is 117 Å². The van der Waals surface area contributed by atoms with Gasteiger partial charge in [-0.1, -0.05) is 30.3 Å². The van der Waals surface area contributed by atoms with E-state index in [-0.39, 0.29) is 17.6 Å². The van der Waals surface area contributed by atoms with E-state index in [1.165, 1.54) is 5.56 Å². The van der Waals surface area contributed by atoms with Crippen LogP contribution in [0.4, 0.5) is 0 Å². The molecule has 4 nitrogen and oxygen atoms in total. The van der Waals surface area contributed by atoms with E-state index >= 15 is 0 Å². The van der Waals surface area contributed by atoms with E-state index in [0.29, 0.717) is 0 Å². The van der Waals surface area contributed by atoms with E-state index in [2.05, 4.69) is 12.1 Å². The van der Waals surface area contributed by atoms with Gasteiger partial charge in [0.15, 0.2) is 0 Å². The van der Waals surface area contributed by atoms with Crippen molar-refractivity contribution in [3.63, 3.8) is 0 Å². The monoisotopic (exact) mass is 282 g/mol. The minimum atomic E-state index is -2.34. The third-order valence-electron chi connectivity index (χ3n) is 3.85. The van der Waals surface area contributed by atoms with Gasteiger partial charge in [0.05, 0.1) is 0 Å². The highest BCUT2D eigenvalue weighted by atomic mass is 28.4. The third-order valence-corrected chi connectivity index (χ3v) is 7.41. The van der Waals surface area contributed by atoms with Crippen molar-refractivity contribution < 1.29 is 8.85 Å². The zero-order valence-electron chi connectivity index (χ0n) is 12.3. The lowest BCUT2D eigenvalue weighted by atomic mass is 10.0. The Bertz CT molecular complexity index is 369. The summed E-state index contributed by atoms with van der Waals surface area (Å²) in [6.45, 7) is 3.98. The summed E-state index contributed by atoms with van der Waals surface area (Å²) in [5.41, 5.74) is 13.6. The summed E-state index contributed by atoms with van der Waals surface area (Å²) < 4.78 is 11.3. The van der Waals surface area contributed by atoms with Crippen molar-refractivity contribution in [1.82, 2.24) is 0 Å². The molecule has 0 aliphatic carbocycles. The first-order valence-electron chi connectivity index (χ1n) is 6.60. The number of benzene rings is 1. The van der Waals surface area contributed by atoms with E-state index in [4.69, 9.17) is 20.3 Å². The van der Waals surface area contributed by atoms with Gasteiger partial charge >= 0.3 is 8.56 Å². The van der Waals surface area contributed by atoms with Gasteiger partial charge in [-0.2, -0.15) is 0 Å². The maximum absolute atomic E-state index is 6.30. The van der Waals surface area contributed by atoms with Crippen molar-refractivity contribution >= 4 is 8.56 Å². The predicted molar refractivity (Wildman–Crippen MR) is 81.2 cm³/mol. The lowest BCUT2D eigenvalue weighted by Gasteiger charge is -2.37. The van der Waals surface area contributed by atoms with E-state index in [1.54, 1.807) is 14.2 Å². The van der Waals surface area contributed by atoms with E-state index in [1.807, 2.05) is 31.7 Å². The van der Waals surface area contributed by atoms with Gasteiger partial charge in [-0.15, -0.1) is 0 Å². The van der Waals surface area contributed by atoms with Gasteiger partial charge in [0.25, 0.3) is 0 Å². The van der Waals surface area contributed by atoms with Crippen LogP contribution in [-0.2, 0) is 15.3 Å². The molecule has 0 radical (unpaired) electrons. The zero-order valence-corrected chi connectivity index (χ0v) is 13.3. The fourth-order valence-electron chi connectivity index (χ4n) is 2.29. The maximum Gasteiger partial charge on any atom is 0.339 e. The van der Waals surface area contributed by atoms with Gasteiger partial charge in [-0.05, 0) is 25.5 Å². The standard InChI is InChI=1S/C14H26N2O2Si/c1-11(15)14(16)13(19(4,17-2)18-3)10-12-8-6-5-7-9-12/h5-9,11,13-14H,10,15-16H2,1-4H3. The van der Waals surface area contributed by atoms with Crippen molar-refractivity contribution in [3.05, 3.63) is 35.9 Å². The molecule has 3 atom stereocenters. The van der Waals surface area contributed by atoms with E-state index < -0.39 is 8.56 Å². The third kappa shape index (κ3) is 4.12. The normalized spacial score (nSPS) is 16.9. The Kier molecular flexibility index (Phi) is 6.16. The highest BCUT2D eigenvalue weighted by Gasteiger charge is 2.43. The molecular weight excluding hydrogens is 256 g/mol. The Morgan fingerprint density at radius 2 is 1.63 bits per heavy atom. The zero-order chi connectivity index (χ0) is 14.5. The maximum atomic E-state index is 6.30. The van der Waals surface area contributed by atoms with Gasteiger partial charge in [0.1, 0.15) is 0 Å². The molecule has 0 aromatic heterocycles. The second kappa shape index (κ2) is 7.16. The summed E-state index contributed by atoms with van der Waals surface area (Å²) in [6, 6.07) is 10.0. The van der Waals surface area contributed by atoms with Crippen LogP contribution in [0.2, 0.25) is 12.1 Å². The fraction of sp³-hybridized carbons (Fsp3) is 0.571. The van der Waals surface area contributed by atoms with Crippen LogP contribution in [0, 0.1) is 0 Å². The second-order valence-corrected chi connectivity index (χ2v) is 8.75. The minimum Gasteiger partial charge on any atom is -0.398 e.